The van der Waals surface area contributed by atoms with E-state index in [0.717, 1.165) is 22.6 Å². The quantitative estimate of drug-likeness (QED) is 0.531. The molecule has 35 heavy (non-hydrogen) atoms. The molecule has 2 aliphatic rings. The van der Waals surface area contributed by atoms with Crippen molar-refractivity contribution in [3.8, 4) is 16.9 Å². The van der Waals surface area contributed by atoms with E-state index < -0.39 is 11.2 Å². The molecule has 0 radical (unpaired) electrons. The van der Waals surface area contributed by atoms with Crippen molar-refractivity contribution in [3.05, 3.63) is 59.8 Å². The highest BCUT2D eigenvalue weighted by Crippen LogP contribution is 2.41. The van der Waals surface area contributed by atoms with Crippen LogP contribution in [0.15, 0.2) is 53.4 Å². The highest BCUT2D eigenvalue weighted by molar-refractivity contribution is 7.90. The first kappa shape index (κ1) is 23.4. The molecule has 10 heteroatoms. The van der Waals surface area contributed by atoms with E-state index in [9.17, 15) is 14.1 Å². The smallest absolute Gasteiger partial charge is 0.319 e. The van der Waals surface area contributed by atoms with Crippen molar-refractivity contribution in [2.45, 2.75) is 24.0 Å². The van der Waals surface area contributed by atoms with Gasteiger partial charge in [-0.1, -0.05) is 25.1 Å². The molecular formula is C25H27N5O4S. The molecule has 182 valence electrons. The molecule has 3 aromatic rings. The Morgan fingerprint density at radius 2 is 1.94 bits per heavy atom. The number of carbonyl (C=O) groups is 2. The van der Waals surface area contributed by atoms with Crippen LogP contribution in [0.3, 0.4) is 0 Å². The number of hydrogen-bond donors (Lipinski definition) is 2. The Morgan fingerprint density at radius 1 is 1.14 bits per heavy atom. The van der Waals surface area contributed by atoms with Gasteiger partial charge in [0.2, 0.25) is 0 Å². The fourth-order valence-corrected chi connectivity index (χ4v) is 5.67. The number of nitrogens with one attached hydrogen (secondary N) is 2. The molecule has 0 spiro atoms. The number of urea groups is 1. The van der Waals surface area contributed by atoms with Crippen LogP contribution in [0.2, 0.25) is 0 Å². The molecule has 1 unspecified atom stereocenters. The highest BCUT2D eigenvalue weighted by Gasteiger charge is 2.37. The lowest BCUT2D eigenvalue weighted by molar-refractivity contribution is 0.0298. The van der Waals surface area contributed by atoms with Gasteiger partial charge in [0.1, 0.15) is 5.75 Å². The maximum absolute atomic E-state index is 13.5. The minimum absolute atomic E-state index is 0.187. The van der Waals surface area contributed by atoms with Gasteiger partial charge >= 0.3 is 6.03 Å². The number of carbonyl (C=O) groups excluding carboxylic acids is 2. The number of rotatable bonds is 5. The summed E-state index contributed by atoms with van der Waals surface area (Å²) in [6.45, 7) is 4.52. The van der Waals surface area contributed by atoms with Crippen LogP contribution in [0.5, 0.6) is 0 Å². The number of hydrogen-bond acceptors (Lipinski definition) is 5. The third-order valence-corrected chi connectivity index (χ3v) is 7.43. The highest BCUT2D eigenvalue weighted by atomic mass is 32.2. The fourth-order valence-electron chi connectivity index (χ4n) is 4.34. The van der Waals surface area contributed by atoms with Crippen LogP contribution in [0.25, 0.3) is 16.9 Å². The van der Waals surface area contributed by atoms with Gasteiger partial charge < -0.3 is 24.8 Å². The molecule has 1 aromatic heterocycles. The largest absolute Gasteiger partial charge is 0.611 e. The Labute approximate surface area is 206 Å². The molecule has 1 saturated heterocycles. The van der Waals surface area contributed by atoms with Crippen LogP contribution < -0.4 is 10.6 Å². The van der Waals surface area contributed by atoms with Gasteiger partial charge in [-0.15, -0.1) is 0 Å². The molecular weight excluding hydrogens is 466 g/mol. The molecule has 3 heterocycles. The first-order valence-electron chi connectivity index (χ1n) is 11.7. The van der Waals surface area contributed by atoms with Gasteiger partial charge in [-0.05, 0) is 47.9 Å². The zero-order valence-corrected chi connectivity index (χ0v) is 20.3. The number of aromatic nitrogens is 2. The van der Waals surface area contributed by atoms with Gasteiger partial charge in [-0.3, -0.25) is 4.79 Å². The van der Waals surface area contributed by atoms with E-state index in [1.807, 2.05) is 49.4 Å². The van der Waals surface area contributed by atoms with Crippen LogP contribution in [0.4, 0.5) is 10.5 Å². The van der Waals surface area contributed by atoms with Crippen molar-refractivity contribution in [3.63, 3.8) is 0 Å². The number of ether oxygens (including phenoxy) is 1. The van der Waals surface area contributed by atoms with Crippen molar-refractivity contribution in [1.29, 1.82) is 0 Å². The second kappa shape index (κ2) is 10.1. The lowest BCUT2D eigenvalue weighted by Gasteiger charge is -2.26. The van der Waals surface area contributed by atoms with Crippen LogP contribution >= 0.6 is 0 Å². The molecule has 2 N–H and O–H groups in total. The molecule has 1 fully saturated rings. The maximum atomic E-state index is 13.5. The van der Waals surface area contributed by atoms with Gasteiger partial charge in [-0.25, -0.2) is 9.48 Å². The van der Waals surface area contributed by atoms with Crippen LogP contribution in [-0.2, 0) is 21.7 Å². The lowest BCUT2D eigenvalue weighted by atomic mass is 10.0. The maximum Gasteiger partial charge on any atom is 0.319 e. The molecule has 0 aliphatic carbocycles. The van der Waals surface area contributed by atoms with Crippen molar-refractivity contribution in [2.75, 3.05) is 38.2 Å². The van der Waals surface area contributed by atoms with E-state index in [2.05, 4.69) is 10.6 Å². The van der Waals surface area contributed by atoms with E-state index in [0.29, 0.717) is 55.5 Å². The average molecular weight is 494 g/mol. The van der Waals surface area contributed by atoms with E-state index >= 15 is 0 Å². The molecule has 3 amide bonds. The fraction of sp³-hybridized carbons (Fsp3) is 0.320. The Bertz CT molecular complexity index is 1250. The number of nitrogens with zero attached hydrogens (tertiary/aromatic N) is 3. The Kier molecular flexibility index (Phi) is 6.76. The summed E-state index contributed by atoms with van der Waals surface area (Å²) in [6, 6.07) is 14.6. The summed E-state index contributed by atoms with van der Waals surface area (Å²) in [6.07, 6.45) is 0.841. The number of anilines is 1. The third-order valence-electron chi connectivity index (χ3n) is 6.03. The van der Waals surface area contributed by atoms with Gasteiger partial charge in [0.25, 0.3) is 5.91 Å². The number of amides is 3. The predicted molar refractivity (Wildman–Crippen MR) is 133 cm³/mol. The minimum atomic E-state index is -1.28. The topological polar surface area (TPSA) is 112 Å². The van der Waals surface area contributed by atoms with E-state index in [1.54, 1.807) is 15.6 Å². The molecule has 5 rings (SSSR count). The summed E-state index contributed by atoms with van der Waals surface area (Å²) in [7, 11) is 0. The van der Waals surface area contributed by atoms with E-state index in [1.165, 1.54) is 0 Å². The van der Waals surface area contributed by atoms with Crippen LogP contribution in [0.1, 0.15) is 29.4 Å². The van der Waals surface area contributed by atoms with Gasteiger partial charge in [0.15, 0.2) is 10.6 Å². The SMILES string of the molecule is CCCNC(=O)Nc1cccc(-n2nc(C(=O)N3CCOCC3)c3c2-c2ccccc2[S+]([O-])C3)c1. The molecule has 0 bridgehead atoms. The molecule has 0 saturated carbocycles. The monoisotopic (exact) mass is 493 g/mol. The molecule has 9 nitrogen and oxygen atoms in total. The summed E-state index contributed by atoms with van der Waals surface area (Å²) >= 11 is -1.28. The average Bonchev–Trinajstić information content (AvgIpc) is 3.27. The number of benzene rings is 2. The standard InChI is InChI=1S/C25H27N5O4S/c1-2-10-26-25(32)27-17-6-5-7-18(15-17)30-23-19-8-3-4-9-21(19)35(33)16-20(23)22(28-30)24(31)29-11-13-34-14-12-29/h3-9,15H,2,10-14,16H2,1H3,(H2,26,27,32). The van der Waals surface area contributed by atoms with Gasteiger partial charge in [0, 0.05) is 25.3 Å². The second-order valence-electron chi connectivity index (χ2n) is 8.41. The Morgan fingerprint density at radius 3 is 2.74 bits per heavy atom. The summed E-state index contributed by atoms with van der Waals surface area (Å²) in [5.41, 5.74) is 3.83. The molecule has 2 aliphatic heterocycles. The zero-order valence-electron chi connectivity index (χ0n) is 19.5. The number of morpholine rings is 1. The van der Waals surface area contributed by atoms with Crippen molar-refractivity contribution >= 4 is 28.8 Å². The Balaban J connectivity index is 1.59. The lowest BCUT2D eigenvalue weighted by Crippen LogP contribution is -2.41. The second-order valence-corrected chi connectivity index (χ2v) is 9.83. The van der Waals surface area contributed by atoms with Gasteiger partial charge in [0.05, 0.1) is 35.7 Å². The normalized spacial score (nSPS) is 16.9. The summed E-state index contributed by atoms with van der Waals surface area (Å²) < 4.78 is 20.2. The molecule has 1 atom stereocenters. The van der Waals surface area contributed by atoms with Crippen LogP contribution in [-0.4, -0.2) is 64.0 Å². The van der Waals surface area contributed by atoms with Crippen LogP contribution in [0, 0.1) is 0 Å². The minimum Gasteiger partial charge on any atom is -0.611 e. The van der Waals surface area contributed by atoms with Gasteiger partial charge in [-0.2, -0.15) is 5.10 Å². The summed E-state index contributed by atoms with van der Waals surface area (Å²) in [5, 5.41) is 10.4. The van der Waals surface area contributed by atoms with Crippen molar-refractivity contribution in [1.82, 2.24) is 20.0 Å². The predicted octanol–water partition coefficient (Wildman–Crippen LogP) is 3.16. The zero-order chi connectivity index (χ0) is 24.4. The Hall–Kier alpha value is -3.34. The third kappa shape index (κ3) is 4.64. The van der Waals surface area contributed by atoms with E-state index in [4.69, 9.17) is 9.84 Å². The summed E-state index contributed by atoms with van der Waals surface area (Å²) in [4.78, 5) is 28.1. The molecule has 2 aromatic carbocycles. The first-order chi connectivity index (χ1) is 17.1. The van der Waals surface area contributed by atoms with Crippen molar-refractivity contribution < 1.29 is 18.9 Å². The van der Waals surface area contributed by atoms with Crippen molar-refractivity contribution in [2.24, 2.45) is 0 Å². The van der Waals surface area contributed by atoms with E-state index in [-0.39, 0.29) is 17.7 Å². The summed E-state index contributed by atoms with van der Waals surface area (Å²) in [5.74, 6) is 0.0303. The number of fused-ring (bicyclic) bond motifs is 3. The first-order valence-corrected chi connectivity index (χ1v) is 13.0.